The number of carbonyl (C=O) groups is 2. The summed E-state index contributed by atoms with van der Waals surface area (Å²) < 4.78 is 35.9. The number of piperazine rings is 1. The summed E-state index contributed by atoms with van der Waals surface area (Å²) in [5.74, 6) is -0.924. The third kappa shape index (κ3) is 4.36. The van der Waals surface area contributed by atoms with Gasteiger partial charge in [0, 0.05) is 26.2 Å². The average Bonchev–Trinajstić information content (AvgIpc) is 2.96. The SMILES string of the molecule is O=C(Cc1ccc(F)cc1)N1CCN(C(=O)C2CCS(=O)(=O)C2)CC1. The molecule has 0 bridgehead atoms. The molecule has 2 aliphatic heterocycles. The van der Waals surface area contributed by atoms with Crippen molar-refractivity contribution in [1.29, 1.82) is 0 Å². The van der Waals surface area contributed by atoms with Crippen LogP contribution in [0.3, 0.4) is 0 Å². The highest BCUT2D eigenvalue weighted by molar-refractivity contribution is 7.91. The van der Waals surface area contributed by atoms with Crippen LogP contribution in [0.1, 0.15) is 12.0 Å². The van der Waals surface area contributed by atoms with Gasteiger partial charge in [-0.3, -0.25) is 9.59 Å². The Morgan fingerprint density at radius 2 is 1.64 bits per heavy atom. The molecule has 2 aliphatic rings. The molecule has 8 heteroatoms. The Hall–Kier alpha value is -1.96. The van der Waals surface area contributed by atoms with E-state index < -0.39 is 15.8 Å². The molecule has 1 atom stereocenters. The number of nitrogens with zero attached hydrogens (tertiary/aromatic N) is 2. The summed E-state index contributed by atoms with van der Waals surface area (Å²) in [6.07, 6.45) is 0.597. The van der Waals surface area contributed by atoms with Gasteiger partial charge < -0.3 is 9.80 Å². The maximum Gasteiger partial charge on any atom is 0.227 e. The van der Waals surface area contributed by atoms with Crippen molar-refractivity contribution in [2.75, 3.05) is 37.7 Å². The zero-order chi connectivity index (χ0) is 18.0. The minimum Gasteiger partial charge on any atom is -0.339 e. The molecular weight excluding hydrogens is 347 g/mol. The number of carbonyl (C=O) groups excluding carboxylic acids is 2. The van der Waals surface area contributed by atoms with Gasteiger partial charge in [-0.05, 0) is 24.1 Å². The minimum absolute atomic E-state index is 0.0536. The van der Waals surface area contributed by atoms with Crippen LogP contribution in [0.25, 0.3) is 0 Å². The second-order valence-corrected chi connectivity index (χ2v) is 8.84. The highest BCUT2D eigenvalue weighted by Gasteiger charge is 2.36. The molecule has 0 aromatic heterocycles. The molecule has 1 unspecified atom stereocenters. The first-order valence-corrected chi connectivity index (χ1v) is 10.2. The quantitative estimate of drug-likeness (QED) is 0.778. The maximum absolute atomic E-state index is 12.9. The summed E-state index contributed by atoms with van der Waals surface area (Å²) in [4.78, 5) is 28.1. The number of hydrogen-bond donors (Lipinski definition) is 0. The van der Waals surface area contributed by atoms with Gasteiger partial charge in [-0.15, -0.1) is 0 Å². The lowest BCUT2D eigenvalue weighted by Crippen LogP contribution is -2.52. The molecule has 0 N–H and O–H groups in total. The van der Waals surface area contributed by atoms with E-state index in [1.165, 1.54) is 12.1 Å². The van der Waals surface area contributed by atoms with Crippen molar-refractivity contribution < 1.29 is 22.4 Å². The maximum atomic E-state index is 12.9. The Kier molecular flexibility index (Phi) is 5.08. The Morgan fingerprint density at radius 3 is 2.20 bits per heavy atom. The summed E-state index contributed by atoms with van der Waals surface area (Å²) in [5, 5.41) is 0. The third-order valence-corrected chi connectivity index (χ3v) is 6.56. The molecule has 0 spiro atoms. The van der Waals surface area contributed by atoms with Crippen LogP contribution in [0.5, 0.6) is 0 Å². The molecule has 2 heterocycles. The van der Waals surface area contributed by atoms with Crippen LogP contribution < -0.4 is 0 Å². The van der Waals surface area contributed by atoms with Gasteiger partial charge in [0.1, 0.15) is 5.82 Å². The standard InChI is InChI=1S/C17H21FN2O4S/c18-15-3-1-13(2-4-15)11-16(21)19-6-8-20(9-7-19)17(22)14-5-10-25(23,24)12-14/h1-4,14H,5-12H2. The Balaban J connectivity index is 1.50. The van der Waals surface area contributed by atoms with Crippen molar-refractivity contribution >= 4 is 21.7 Å². The van der Waals surface area contributed by atoms with E-state index >= 15 is 0 Å². The molecule has 0 aliphatic carbocycles. The van der Waals surface area contributed by atoms with E-state index in [1.807, 2.05) is 0 Å². The van der Waals surface area contributed by atoms with Gasteiger partial charge in [-0.25, -0.2) is 12.8 Å². The molecule has 25 heavy (non-hydrogen) atoms. The van der Waals surface area contributed by atoms with E-state index in [0.29, 0.717) is 32.6 Å². The average molecular weight is 368 g/mol. The van der Waals surface area contributed by atoms with Crippen LogP contribution in [0.4, 0.5) is 4.39 Å². The second-order valence-electron chi connectivity index (χ2n) is 6.61. The monoisotopic (exact) mass is 368 g/mol. The molecule has 1 aromatic rings. The first kappa shape index (κ1) is 17.8. The largest absolute Gasteiger partial charge is 0.339 e. The topological polar surface area (TPSA) is 74.8 Å². The highest BCUT2D eigenvalue weighted by atomic mass is 32.2. The predicted octanol–water partition coefficient (Wildman–Crippen LogP) is 0.474. The number of halogens is 1. The van der Waals surface area contributed by atoms with Crippen molar-refractivity contribution in [2.45, 2.75) is 12.8 Å². The number of sulfone groups is 1. The molecule has 1 aromatic carbocycles. The van der Waals surface area contributed by atoms with Gasteiger partial charge in [-0.2, -0.15) is 0 Å². The van der Waals surface area contributed by atoms with E-state index in [1.54, 1.807) is 21.9 Å². The van der Waals surface area contributed by atoms with Crippen molar-refractivity contribution in [2.24, 2.45) is 5.92 Å². The fourth-order valence-electron chi connectivity index (χ4n) is 3.31. The lowest BCUT2D eigenvalue weighted by Gasteiger charge is -2.36. The molecule has 3 rings (SSSR count). The Labute approximate surface area is 146 Å². The van der Waals surface area contributed by atoms with Gasteiger partial charge in [0.05, 0.1) is 23.8 Å². The van der Waals surface area contributed by atoms with Gasteiger partial charge in [-0.1, -0.05) is 12.1 Å². The number of rotatable bonds is 3. The fraction of sp³-hybridized carbons (Fsp3) is 0.529. The zero-order valence-electron chi connectivity index (χ0n) is 13.9. The van der Waals surface area contributed by atoms with Crippen LogP contribution in [-0.2, 0) is 25.8 Å². The molecule has 6 nitrogen and oxygen atoms in total. The zero-order valence-corrected chi connectivity index (χ0v) is 14.7. The molecule has 0 radical (unpaired) electrons. The van der Waals surface area contributed by atoms with Crippen LogP contribution in [0, 0.1) is 11.7 Å². The second kappa shape index (κ2) is 7.11. The van der Waals surface area contributed by atoms with Crippen LogP contribution in [-0.4, -0.2) is 67.7 Å². The molecule has 2 saturated heterocycles. The molecular formula is C17H21FN2O4S. The number of amides is 2. The van der Waals surface area contributed by atoms with Crippen molar-refractivity contribution in [3.8, 4) is 0 Å². The van der Waals surface area contributed by atoms with E-state index in [0.717, 1.165) is 5.56 Å². The normalized spacial score (nSPS) is 22.8. The highest BCUT2D eigenvalue weighted by Crippen LogP contribution is 2.21. The van der Waals surface area contributed by atoms with E-state index in [2.05, 4.69) is 0 Å². The Morgan fingerprint density at radius 1 is 1.04 bits per heavy atom. The molecule has 0 saturated carbocycles. The first-order chi connectivity index (χ1) is 11.8. The number of hydrogen-bond acceptors (Lipinski definition) is 4. The van der Waals surface area contributed by atoms with E-state index in [4.69, 9.17) is 0 Å². The van der Waals surface area contributed by atoms with Gasteiger partial charge in [0.2, 0.25) is 11.8 Å². The van der Waals surface area contributed by atoms with Crippen LogP contribution >= 0.6 is 0 Å². The molecule has 136 valence electrons. The first-order valence-electron chi connectivity index (χ1n) is 8.35. The lowest BCUT2D eigenvalue weighted by molar-refractivity contribution is -0.141. The van der Waals surface area contributed by atoms with Crippen molar-refractivity contribution in [3.63, 3.8) is 0 Å². The van der Waals surface area contributed by atoms with Crippen LogP contribution in [0.2, 0.25) is 0 Å². The summed E-state index contributed by atoms with van der Waals surface area (Å²) >= 11 is 0. The van der Waals surface area contributed by atoms with Gasteiger partial charge in [0.15, 0.2) is 9.84 Å². The summed E-state index contributed by atoms with van der Waals surface area (Å²) in [6.45, 7) is 1.71. The summed E-state index contributed by atoms with van der Waals surface area (Å²) in [5.41, 5.74) is 0.751. The molecule has 2 fully saturated rings. The smallest absolute Gasteiger partial charge is 0.227 e. The van der Waals surface area contributed by atoms with Gasteiger partial charge in [0.25, 0.3) is 0 Å². The Bertz CT molecular complexity index is 755. The third-order valence-electron chi connectivity index (χ3n) is 4.79. The minimum atomic E-state index is -3.08. The van der Waals surface area contributed by atoms with E-state index in [-0.39, 0.29) is 35.6 Å². The van der Waals surface area contributed by atoms with Crippen molar-refractivity contribution in [3.05, 3.63) is 35.6 Å². The van der Waals surface area contributed by atoms with Crippen molar-refractivity contribution in [1.82, 2.24) is 9.80 Å². The summed E-state index contributed by atoms with van der Waals surface area (Å²) in [6, 6.07) is 5.84. The van der Waals surface area contributed by atoms with E-state index in [9.17, 15) is 22.4 Å². The number of benzene rings is 1. The van der Waals surface area contributed by atoms with Gasteiger partial charge >= 0.3 is 0 Å². The lowest BCUT2D eigenvalue weighted by atomic mass is 10.1. The summed E-state index contributed by atoms with van der Waals surface area (Å²) in [7, 11) is -3.08. The fourth-order valence-corrected chi connectivity index (χ4v) is 5.05. The predicted molar refractivity (Wildman–Crippen MR) is 90.0 cm³/mol. The molecule has 2 amide bonds. The van der Waals surface area contributed by atoms with Crippen LogP contribution in [0.15, 0.2) is 24.3 Å².